The van der Waals surface area contributed by atoms with E-state index in [2.05, 4.69) is 10.2 Å². The second kappa shape index (κ2) is 5.15. The Morgan fingerprint density at radius 2 is 2.19 bits per heavy atom. The van der Waals surface area contributed by atoms with E-state index < -0.39 is 0 Å². The van der Waals surface area contributed by atoms with Crippen LogP contribution in [-0.4, -0.2) is 49.2 Å². The Balaban J connectivity index is 1.88. The molecule has 2 heterocycles. The minimum absolute atomic E-state index is 0.158. The zero-order chi connectivity index (χ0) is 11.5. The topological polar surface area (TPSA) is 41.6 Å². The van der Waals surface area contributed by atoms with Crippen molar-refractivity contribution in [2.45, 2.75) is 50.7 Å². The Morgan fingerprint density at radius 3 is 2.94 bits per heavy atom. The Bertz CT molecular complexity index is 257. The van der Waals surface area contributed by atoms with Gasteiger partial charge in [0.25, 0.3) is 0 Å². The van der Waals surface area contributed by atoms with E-state index in [-0.39, 0.29) is 12.0 Å². The highest BCUT2D eigenvalue weighted by Gasteiger charge is 2.36. The molecule has 3 unspecified atom stereocenters. The summed E-state index contributed by atoms with van der Waals surface area (Å²) in [5.41, 5.74) is 0. The number of nitrogens with zero attached hydrogens (tertiary/aromatic N) is 1. The van der Waals surface area contributed by atoms with Gasteiger partial charge >= 0.3 is 5.97 Å². The lowest BCUT2D eigenvalue weighted by Gasteiger charge is -2.33. The maximum absolute atomic E-state index is 11.4. The molecule has 2 fully saturated rings. The number of hydrogen-bond acceptors (Lipinski definition) is 4. The molecule has 4 nitrogen and oxygen atoms in total. The number of nitrogens with one attached hydrogen (secondary N) is 1. The maximum Gasteiger partial charge on any atom is 0.322 e. The van der Waals surface area contributed by atoms with E-state index in [0.717, 1.165) is 6.42 Å². The summed E-state index contributed by atoms with van der Waals surface area (Å²) in [7, 11) is 1.45. The van der Waals surface area contributed by atoms with Crippen molar-refractivity contribution in [3.63, 3.8) is 0 Å². The number of fused-ring (bicyclic) bond motifs is 1. The van der Waals surface area contributed by atoms with Crippen LogP contribution >= 0.6 is 0 Å². The van der Waals surface area contributed by atoms with Crippen molar-refractivity contribution in [2.75, 3.05) is 20.2 Å². The Hall–Kier alpha value is -0.610. The van der Waals surface area contributed by atoms with Gasteiger partial charge in [-0.1, -0.05) is 6.42 Å². The second-order valence-electron chi connectivity index (χ2n) is 4.91. The average Bonchev–Trinajstić information content (AvgIpc) is 2.72. The standard InChI is InChI=1S/C12H22N2O2/c1-9(12(15)16-2)13-10-6-8-14-7-4-3-5-11(10)14/h9-11,13H,3-8H2,1-2H3. The molecule has 0 aromatic heterocycles. The fraction of sp³-hybridized carbons (Fsp3) is 0.917. The van der Waals surface area contributed by atoms with Crippen molar-refractivity contribution in [2.24, 2.45) is 0 Å². The second-order valence-corrected chi connectivity index (χ2v) is 4.91. The monoisotopic (exact) mass is 226 g/mol. The summed E-state index contributed by atoms with van der Waals surface area (Å²) >= 11 is 0. The molecule has 0 aliphatic carbocycles. The zero-order valence-corrected chi connectivity index (χ0v) is 10.2. The first-order chi connectivity index (χ1) is 7.72. The molecule has 0 amide bonds. The van der Waals surface area contributed by atoms with Crippen LogP contribution in [0.2, 0.25) is 0 Å². The highest BCUT2D eigenvalue weighted by atomic mass is 16.5. The lowest BCUT2D eigenvalue weighted by molar-refractivity contribution is -0.142. The van der Waals surface area contributed by atoms with Crippen LogP contribution in [0.4, 0.5) is 0 Å². The van der Waals surface area contributed by atoms with Gasteiger partial charge in [-0.3, -0.25) is 9.69 Å². The van der Waals surface area contributed by atoms with Crippen LogP contribution < -0.4 is 5.32 Å². The summed E-state index contributed by atoms with van der Waals surface area (Å²) in [5, 5.41) is 3.41. The summed E-state index contributed by atoms with van der Waals surface area (Å²) in [6.45, 7) is 4.29. The number of piperidine rings is 1. The fourth-order valence-electron chi connectivity index (χ4n) is 3.01. The number of esters is 1. The number of hydrogen-bond donors (Lipinski definition) is 1. The van der Waals surface area contributed by atoms with Crippen molar-refractivity contribution in [3.05, 3.63) is 0 Å². The molecular weight excluding hydrogens is 204 g/mol. The minimum Gasteiger partial charge on any atom is -0.468 e. The first-order valence-electron chi connectivity index (χ1n) is 6.30. The Labute approximate surface area is 97.3 Å². The number of ether oxygens (including phenoxy) is 1. The number of carbonyl (C=O) groups is 1. The molecule has 16 heavy (non-hydrogen) atoms. The molecule has 0 aromatic carbocycles. The normalized spacial score (nSPS) is 32.1. The van der Waals surface area contributed by atoms with E-state index in [0.29, 0.717) is 12.1 Å². The van der Waals surface area contributed by atoms with Gasteiger partial charge in [0.15, 0.2) is 0 Å². The smallest absolute Gasteiger partial charge is 0.322 e. The third-order valence-electron chi connectivity index (χ3n) is 3.87. The molecule has 3 atom stereocenters. The van der Waals surface area contributed by atoms with E-state index in [1.165, 1.54) is 39.5 Å². The van der Waals surface area contributed by atoms with Crippen LogP contribution in [0.3, 0.4) is 0 Å². The molecule has 2 rings (SSSR count). The lowest BCUT2D eigenvalue weighted by Crippen LogP contribution is -2.49. The molecule has 4 heteroatoms. The van der Waals surface area contributed by atoms with E-state index in [4.69, 9.17) is 4.74 Å². The summed E-state index contributed by atoms with van der Waals surface area (Å²) in [5.74, 6) is -0.158. The third kappa shape index (κ3) is 2.38. The van der Waals surface area contributed by atoms with Crippen molar-refractivity contribution in [1.29, 1.82) is 0 Å². The van der Waals surface area contributed by atoms with Gasteiger partial charge in [-0.05, 0) is 32.7 Å². The first kappa shape index (κ1) is 11.9. The first-order valence-corrected chi connectivity index (χ1v) is 6.30. The summed E-state index contributed by atoms with van der Waals surface area (Å²) < 4.78 is 4.74. The van der Waals surface area contributed by atoms with E-state index in [9.17, 15) is 4.79 Å². The molecule has 2 saturated heterocycles. The molecule has 92 valence electrons. The molecule has 0 radical (unpaired) electrons. The van der Waals surface area contributed by atoms with Crippen LogP contribution in [-0.2, 0) is 9.53 Å². The maximum atomic E-state index is 11.4. The SMILES string of the molecule is COC(=O)C(C)NC1CCN2CCCCC12. The van der Waals surface area contributed by atoms with Gasteiger partial charge in [0, 0.05) is 18.6 Å². The highest BCUT2D eigenvalue weighted by Crippen LogP contribution is 2.27. The molecule has 1 N–H and O–H groups in total. The molecule has 0 aromatic rings. The number of rotatable bonds is 3. The van der Waals surface area contributed by atoms with Crippen LogP contribution in [0.1, 0.15) is 32.6 Å². The highest BCUT2D eigenvalue weighted by molar-refractivity contribution is 5.75. The Kier molecular flexibility index (Phi) is 3.82. The van der Waals surface area contributed by atoms with Crippen LogP contribution in [0.5, 0.6) is 0 Å². The number of carbonyl (C=O) groups excluding carboxylic acids is 1. The molecule has 2 aliphatic rings. The van der Waals surface area contributed by atoms with Crippen LogP contribution in [0.25, 0.3) is 0 Å². The zero-order valence-electron chi connectivity index (χ0n) is 10.2. The van der Waals surface area contributed by atoms with Gasteiger partial charge in [-0.2, -0.15) is 0 Å². The van der Waals surface area contributed by atoms with Crippen molar-refractivity contribution in [3.8, 4) is 0 Å². The Morgan fingerprint density at radius 1 is 1.38 bits per heavy atom. The molecular formula is C12H22N2O2. The predicted molar refractivity (Wildman–Crippen MR) is 62.2 cm³/mol. The summed E-state index contributed by atoms with van der Waals surface area (Å²) in [6, 6.07) is 0.923. The third-order valence-corrected chi connectivity index (χ3v) is 3.87. The van der Waals surface area contributed by atoms with Gasteiger partial charge in [-0.25, -0.2) is 0 Å². The lowest BCUT2D eigenvalue weighted by atomic mass is 9.98. The van der Waals surface area contributed by atoms with E-state index >= 15 is 0 Å². The van der Waals surface area contributed by atoms with Crippen molar-refractivity contribution >= 4 is 5.97 Å². The van der Waals surface area contributed by atoms with Crippen molar-refractivity contribution < 1.29 is 9.53 Å². The summed E-state index contributed by atoms with van der Waals surface area (Å²) in [4.78, 5) is 13.9. The van der Waals surface area contributed by atoms with Gasteiger partial charge in [-0.15, -0.1) is 0 Å². The van der Waals surface area contributed by atoms with Gasteiger partial charge in [0.05, 0.1) is 7.11 Å². The number of methoxy groups -OCH3 is 1. The molecule has 0 saturated carbocycles. The average molecular weight is 226 g/mol. The van der Waals surface area contributed by atoms with Gasteiger partial charge in [0.1, 0.15) is 6.04 Å². The molecule has 0 bridgehead atoms. The van der Waals surface area contributed by atoms with Crippen LogP contribution in [0, 0.1) is 0 Å². The van der Waals surface area contributed by atoms with Crippen LogP contribution in [0.15, 0.2) is 0 Å². The summed E-state index contributed by atoms with van der Waals surface area (Å²) in [6.07, 6.45) is 5.08. The van der Waals surface area contributed by atoms with E-state index in [1.807, 2.05) is 6.92 Å². The van der Waals surface area contributed by atoms with Gasteiger partial charge < -0.3 is 10.1 Å². The van der Waals surface area contributed by atoms with Gasteiger partial charge in [0.2, 0.25) is 0 Å². The quantitative estimate of drug-likeness (QED) is 0.722. The predicted octanol–water partition coefficient (Wildman–Crippen LogP) is 0.764. The molecule has 0 spiro atoms. The molecule has 2 aliphatic heterocycles. The largest absolute Gasteiger partial charge is 0.468 e. The van der Waals surface area contributed by atoms with E-state index in [1.54, 1.807) is 0 Å². The minimum atomic E-state index is -0.183. The fourth-order valence-corrected chi connectivity index (χ4v) is 3.01. The van der Waals surface area contributed by atoms with Crippen molar-refractivity contribution in [1.82, 2.24) is 10.2 Å².